The van der Waals surface area contributed by atoms with Crippen molar-refractivity contribution in [3.63, 3.8) is 0 Å². The van der Waals surface area contributed by atoms with E-state index in [9.17, 15) is 9.59 Å². The van der Waals surface area contributed by atoms with E-state index in [1.165, 1.54) is 5.56 Å². The van der Waals surface area contributed by atoms with Crippen LogP contribution in [0.1, 0.15) is 66.4 Å². The molecule has 1 fully saturated rings. The molecule has 5 rings (SSSR count). The van der Waals surface area contributed by atoms with Crippen LogP contribution in [0.2, 0.25) is 0 Å². The Hall–Kier alpha value is -4.90. The highest BCUT2D eigenvalue weighted by Gasteiger charge is 2.24. The number of anilines is 2. The number of nitrogens with one attached hydrogen (secondary N) is 2. The highest BCUT2D eigenvalue weighted by atomic mass is 16.2. The van der Waals surface area contributed by atoms with Gasteiger partial charge in [-0.1, -0.05) is 62.7 Å². The van der Waals surface area contributed by atoms with Crippen molar-refractivity contribution in [2.24, 2.45) is 5.92 Å². The summed E-state index contributed by atoms with van der Waals surface area (Å²) in [5.41, 5.74) is 6.19. The average Bonchev–Trinajstić information content (AvgIpc) is 3.43. The van der Waals surface area contributed by atoms with Crippen LogP contribution in [0.15, 0.2) is 78.9 Å². The van der Waals surface area contributed by atoms with Gasteiger partial charge in [0.15, 0.2) is 0 Å². The Morgan fingerprint density at radius 2 is 1.64 bits per heavy atom. The van der Waals surface area contributed by atoms with Gasteiger partial charge < -0.3 is 10.2 Å². The van der Waals surface area contributed by atoms with Gasteiger partial charge in [0.2, 0.25) is 0 Å². The third kappa shape index (κ3) is 7.54. The summed E-state index contributed by atoms with van der Waals surface area (Å²) in [6.07, 6.45) is 3.12. The molecule has 0 unspecified atom stereocenters. The maximum Gasteiger partial charge on any atom is 0.324 e. The van der Waals surface area contributed by atoms with E-state index < -0.39 is 0 Å². The number of amides is 3. The number of rotatable bonds is 7. The standard InChI is InChI=1S/C36H40N6O2/c1-25-8-14-31(15-9-25)42-33(24-32(40-42)36(2,3)4)39-35(44)38-30-12-10-27(11-13-30)22-28-17-20-41(21-18-28)34(43)29-7-5-6-26(23-29)16-19-37/h5-15,23-24,28H,16-18,20-22H2,1-4H3,(H2,38,39,44). The monoisotopic (exact) mass is 588 g/mol. The van der Waals surface area contributed by atoms with Crippen LogP contribution in [0.5, 0.6) is 0 Å². The van der Waals surface area contributed by atoms with Crippen molar-refractivity contribution in [1.29, 1.82) is 5.26 Å². The zero-order valence-electron chi connectivity index (χ0n) is 25.9. The highest BCUT2D eigenvalue weighted by Crippen LogP contribution is 2.27. The van der Waals surface area contributed by atoms with Crippen LogP contribution in [0.25, 0.3) is 5.69 Å². The number of urea groups is 1. The molecule has 1 aliphatic rings. The minimum Gasteiger partial charge on any atom is -0.339 e. The number of likely N-dealkylation sites (tertiary alicyclic amines) is 1. The Balaban J connectivity index is 1.15. The van der Waals surface area contributed by atoms with Crippen molar-refractivity contribution < 1.29 is 9.59 Å². The molecule has 1 aliphatic heterocycles. The summed E-state index contributed by atoms with van der Waals surface area (Å²) in [6.45, 7) is 9.78. The lowest BCUT2D eigenvalue weighted by molar-refractivity contribution is 0.0690. The molecule has 0 spiro atoms. The van der Waals surface area contributed by atoms with E-state index in [4.69, 9.17) is 10.4 Å². The number of nitriles is 1. The molecule has 3 aromatic carbocycles. The van der Waals surface area contributed by atoms with Crippen molar-refractivity contribution in [2.45, 2.75) is 58.8 Å². The minimum atomic E-state index is -0.332. The predicted octanol–water partition coefficient (Wildman–Crippen LogP) is 7.28. The van der Waals surface area contributed by atoms with E-state index in [-0.39, 0.29) is 17.4 Å². The molecule has 1 aromatic heterocycles. The topological polar surface area (TPSA) is 103 Å². The number of carbonyl (C=O) groups is 2. The molecule has 226 valence electrons. The van der Waals surface area contributed by atoms with Crippen LogP contribution in [-0.2, 0) is 18.3 Å². The number of hydrogen-bond acceptors (Lipinski definition) is 4. The maximum atomic E-state index is 13.0. The molecule has 0 aliphatic carbocycles. The zero-order chi connectivity index (χ0) is 31.3. The Labute approximate surface area is 259 Å². The van der Waals surface area contributed by atoms with Gasteiger partial charge in [-0.25, -0.2) is 9.48 Å². The first kappa shape index (κ1) is 30.6. The largest absolute Gasteiger partial charge is 0.339 e. The smallest absolute Gasteiger partial charge is 0.324 e. The van der Waals surface area contributed by atoms with E-state index >= 15 is 0 Å². The first-order chi connectivity index (χ1) is 21.1. The molecule has 44 heavy (non-hydrogen) atoms. The fraction of sp³-hybridized carbons (Fsp3) is 0.333. The van der Waals surface area contributed by atoms with Gasteiger partial charge in [-0.15, -0.1) is 0 Å². The lowest BCUT2D eigenvalue weighted by Crippen LogP contribution is -2.38. The van der Waals surface area contributed by atoms with E-state index in [2.05, 4.69) is 49.6 Å². The van der Waals surface area contributed by atoms with Crippen LogP contribution in [0.3, 0.4) is 0 Å². The number of piperidine rings is 1. The van der Waals surface area contributed by atoms with Gasteiger partial charge in [-0.3, -0.25) is 10.1 Å². The second-order valence-electron chi connectivity index (χ2n) is 12.7. The Morgan fingerprint density at radius 1 is 0.932 bits per heavy atom. The van der Waals surface area contributed by atoms with Crippen LogP contribution < -0.4 is 10.6 Å². The predicted molar refractivity (Wildman–Crippen MR) is 174 cm³/mol. The van der Waals surface area contributed by atoms with E-state index in [1.807, 2.05) is 78.6 Å². The Morgan fingerprint density at radius 3 is 2.30 bits per heavy atom. The van der Waals surface area contributed by atoms with E-state index in [0.29, 0.717) is 29.4 Å². The Kier molecular flexibility index (Phi) is 9.15. The van der Waals surface area contributed by atoms with Crippen molar-refractivity contribution in [3.05, 3.63) is 107 Å². The molecule has 0 bridgehead atoms. The molecular formula is C36H40N6O2. The first-order valence-electron chi connectivity index (χ1n) is 15.2. The average molecular weight is 589 g/mol. The SMILES string of the molecule is Cc1ccc(-n2nc(C(C)(C)C)cc2NC(=O)Nc2ccc(CC3CCN(C(=O)c4cccc(CC#N)c4)CC3)cc2)cc1. The van der Waals surface area contributed by atoms with E-state index in [0.717, 1.165) is 54.9 Å². The summed E-state index contributed by atoms with van der Waals surface area (Å²) in [4.78, 5) is 27.9. The summed E-state index contributed by atoms with van der Waals surface area (Å²) in [5.74, 6) is 1.13. The molecule has 2 N–H and O–H groups in total. The third-order valence-electron chi connectivity index (χ3n) is 8.09. The van der Waals surface area contributed by atoms with Crippen molar-refractivity contribution in [1.82, 2.24) is 14.7 Å². The third-order valence-corrected chi connectivity index (χ3v) is 8.09. The second kappa shape index (κ2) is 13.2. The maximum absolute atomic E-state index is 13.0. The lowest BCUT2D eigenvalue weighted by Gasteiger charge is -2.32. The minimum absolute atomic E-state index is 0.0356. The summed E-state index contributed by atoms with van der Waals surface area (Å²) in [5, 5.41) is 19.7. The molecule has 0 atom stereocenters. The van der Waals surface area contributed by atoms with Crippen LogP contribution in [0, 0.1) is 24.2 Å². The van der Waals surface area contributed by atoms with Crippen LogP contribution in [-0.4, -0.2) is 39.7 Å². The molecular weight excluding hydrogens is 548 g/mol. The van der Waals surface area contributed by atoms with Gasteiger partial charge in [0.1, 0.15) is 5.82 Å². The van der Waals surface area contributed by atoms with Crippen LogP contribution >= 0.6 is 0 Å². The summed E-state index contributed by atoms with van der Waals surface area (Å²) in [7, 11) is 0. The summed E-state index contributed by atoms with van der Waals surface area (Å²) in [6, 6.07) is 27.1. The van der Waals surface area contributed by atoms with Crippen molar-refractivity contribution in [2.75, 3.05) is 23.7 Å². The molecule has 3 amide bonds. The molecule has 4 aromatic rings. The van der Waals surface area contributed by atoms with Gasteiger partial charge in [-0.05, 0) is 79.6 Å². The summed E-state index contributed by atoms with van der Waals surface area (Å²) < 4.78 is 1.77. The number of hydrogen-bond donors (Lipinski definition) is 2. The molecule has 0 radical (unpaired) electrons. The fourth-order valence-corrected chi connectivity index (χ4v) is 5.48. The van der Waals surface area contributed by atoms with Gasteiger partial charge >= 0.3 is 6.03 Å². The van der Waals surface area contributed by atoms with Gasteiger partial charge in [-0.2, -0.15) is 10.4 Å². The van der Waals surface area contributed by atoms with Gasteiger partial charge in [0, 0.05) is 35.8 Å². The number of aryl methyl sites for hydroxylation is 1. The quantitative estimate of drug-likeness (QED) is 0.237. The fourth-order valence-electron chi connectivity index (χ4n) is 5.48. The number of benzene rings is 3. The Bertz CT molecular complexity index is 1650. The number of nitrogens with zero attached hydrogens (tertiary/aromatic N) is 4. The van der Waals surface area contributed by atoms with E-state index in [1.54, 1.807) is 4.68 Å². The molecule has 0 saturated carbocycles. The van der Waals surface area contributed by atoms with Crippen LogP contribution in [0.4, 0.5) is 16.3 Å². The lowest BCUT2D eigenvalue weighted by atomic mass is 9.90. The number of aromatic nitrogens is 2. The van der Waals surface area contributed by atoms with Gasteiger partial charge in [0.25, 0.3) is 5.91 Å². The number of carbonyl (C=O) groups excluding carboxylic acids is 2. The molecule has 1 saturated heterocycles. The van der Waals surface area contributed by atoms with Gasteiger partial charge in [0.05, 0.1) is 23.9 Å². The highest BCUT2D eigenvalue weighted by molar-refractivity contribution is 5.99. The second-order valence-corrected chi connectivity index (χ2v) is 12.7. The summed E-state index contributed by atoms with van der Waals surface area (Å²) >= 11 is 0. The molecule has 8 heteroatoms. The van der Waals surface area contributed by atoms with Crippen molar-refractivity contribution >= 4 is 23.4 Å². The molecule has 2 heterocycles. The molecule has 8 nitrogen and oxygen atoms in total. The first-order valence-corrected chi connectivity index (χ1v) is 15.2. The normalized spacial score (nSPS) is 13.8. The van der Waals surface area contributed by atoms with Crippen molar-refractivity contribution in [3.8, 4) is 11.8 Å². The zero-order valence-corrected chi connectivity index (χ0v) is 25.9.